The van der Waals surface area contributed by atoms with Gasteiger partial charge >= 0.3 is 0 Å². The number of halogens is 1. The quantitative estimate of drug-likeness (QED) is 0.687. The van der Waals surface area contributed by atoms with Crippen molar-refractivity contribution in [3.63, 3.8) is 0 Å². The number of carbonyl (C=O) groups excluding carboxylic acids is 2. The third-order valence-corrected chi connectivity index (χ3v) is 4.66. The number of aromatic nitrogens is 1. The molecule has 0 radical (unpaired) electrons. The summed E-state index contributed by atoms with van der Waals surface area (Å²) in [6.07, 6.45) is 0. The molecule has 0 saturated heterocycles. The number of anilines is 2. The molecule has 0 spiro atoms. The van der Waals surface area contributed by atoms with Crippen LogP contribution < -0.4 is 10.6 Å². The van der Waals surface area contributed by atoms with E-state index in [4.69, 9.17) is 0 Å². The minimum Gasteiger partial charge on any atom is -0.326 e. The average Bonchev–Trinajstić information content (AvgIpc) is 2.93. The summed E-state index contributed by atoms with van der Waals surface area (Å²) >= 11 is 0. The monoisotopic (exact) mass is 379 g/mol. The lowest BCUT2D eigenvalue weighted by Crippen LogP contribution is -2.15. The summed E-state index contributed by atoms with van der Waals surface area (Å²) in [5.74, 6) is -0.825. The van der Waals surface area contributed by atoms with Gasteiger partial charge in [0.15, 0.2) is 0 Å². The number of hydrogen-bond donors (Lipinski definition) is 2. The highest BCUT2D eigenvalue weighted by Gasteiger charge is 2.19. The standard InChI is InChI=1S/C22H22FN3O2/c1-13-12-17(15(3)26(13)21-11-6-5-8-18(21)23)22(28)25-20-10-7-9-19(14(20)2)24-16(4)27/h5-12H,1-4H3,(H,24,27)(H,25,28). The Morgan fingerprint density at radius 1 is 0.929 bits per heavy atom. The predicted octanol–water partition coefficient (Wildman–Crippen LogP) is 4.75. The summed E-state index contributed by atoms with van der Waals surface area (Å²) in [6.45, 7) is 6.87. The molecule has 144 valence electrons. The van der Waals surface area contributed by atoms with E-state index in [-0.39, 0.29) is 17.6 Å². The minimum atomic E-state index is -0.352. The number of hydrogen-bond acceptors (Lipinski definition) is 2. The fraction of sp³-hybridized carbons (Fsp3) is 0.182. The van der Waals surface area contributed by atoms with Crippen molar-refractivity contribution in [1.29, 1.82) is 0 Å². The Kier molecular flexibility index (Phi) is 5.31. The van der Waals surface area contributed by atoms with E-state index in [1.54, 1.807) is 54.0 Å². The van der Waals surface area contributed by atoms with Gasteiger partial charge in [-0.2, -0.15) is 0 Å². The summed E-state index contributed by atoms with van der Waals surface area (Å²) in [4.78, 5) is 24.2. The maximum atomic E-state index is 14.2. The van der Waals surface area contributed by atoms with Gasteiger partial charge < -0.3 is 15.2 Å². The van der Waals surface area contributed by atoms with Gasteiger partial charge in [-0.25, -0.2) is 4.39 Å². The Labute approximate surface area is 163 Å². The highest BCUT2D eigenvalue weighted by atomic mass is 19.1. The number of nitrogens with one attached hydrogen (secondary N) is 2. The van der Waals surface area contributed by atoms with Crippen molar-refractivity contribution >= 4 is 23.2 Å². The van der Waals surface area contributed by atoms with Gasteiger partial charge in [-0.1, -0.05) is 18.2 Å². The molecule has 2 aromatic carbocycles. The Morgan fingerprint density at radius 2 is 1.57 bits per heavy atom. The molecule has 0 saturated carbocycles. The molecule has 0 unspecified atom stereocenters. The first-order valence-corrected chi connectivity index (χ1v) is 8.92. The third kappa shape index (κ3) is 3.67. The molecule has 0 atom stereocenters. The van der Waals surface area contributed by atoms with Gasteiger partial charge in [-0.05, 0) is 56.7 Å². The third-order valence-electron chi connectivity index (χ3n) is 4.66. The van der Waals surface area contributed by atoms with Crippen molar-refractivity contribution in [3.8, 4) is 5.69 Å². The van der Waals surface area contributed by atoms with E-state index < -0.39 is 0 Å². The summed E-state index contributed by atoms with van der Waals surface area (Å²) in [7, 11) is 0. The molecule has 0 aliphatic rings. The second kappa shape index (κ2) is 7.68. The normalized spacial score (nSPS) is 10.6. The lowest BCUT2D eigenvalue weighted by Gasteiger charge is -2.13. The van der Waals surface area contributed by atoms with Gasteiger partial charge in [0.1, 0.15) is 5.82 Å². The van der Waals surface area contributed by atoms with Crippen LogP contribution in [0.15, 0.2) is 48.5 Å². The van der Waals surface area contributed by atoms with E-state index in [1.807, 2.05) is 13.8 Å². The largest absolute Gasteiger partial charge is 0.326 e. The van der Waals surface area contributed by atoms with Gasteiger partial charge in [0.2, 0.25) is 5.91 Å². The molecule has 0 aliphatic carbocycles. The fourth-order valence-corrected chi connectivity index (χ4v) is 3.28. The van der Waals surface area contributed by atoms with Gasteiger partial charge in [0.25, 0.3) is 5.91 Å². The first kappa shape index (κ1) is 19.4. The van der Waals surface area contributed by atoms with E-state index in [0.29, 0.717) is 28.3 Å². The van der Waals surface area contributed by atoms with Crippen LogP contribution in [0.4, 0.5) is 15.8 Å². The van der Waals surface area contributed by atoms with Crippen molar-refractivity contribution in [1.82, 2.24) is 4.57 Å². The van der Waals surface area contributed by atoms with E-state index in [1.165, 1.54) is 13.0 Å². The van der Waals surface area contributed by atoms with Gasteiger partial charge in [-0.3, -0.25) is 9.59 Å². The van der Waals surface area contributed by atoms with Crippen LogP contribution in [-0.4, -0.2) is 16.4 Å². The van der Waals surface area contributed by atoms with Crippen LogP contribution >= 0.6 is 0 Å². The molecule has 2 amide bonds. The van der Waals surface area contributed by atoms with Gasteiger partial charge in [-0.15, -0.1) is 0 Å². The maximum absolute atomic E-state index is 14.2. The van der Waals surface area contributed by atoms with Crippen molar-refractivity contribution in [2.45, 2.75) is 27.7 Å². The Morgan fingerprint density at radius 3 is 2.21 bits per heavy atom. The number of nitrogens with zero attached hydrogens (tertiary/aromatic N) is 1. The first-order chi connectivity index (χ1) is 13.3. The second-order valence-electron chi connectivity index (χ2n) is 6.69. The topological polar surface area (TPSA) is 63.1 Å². The lowest BCUT2D eigenvalue weighted by molar-refractivity contribution is -0.114. The van der Waals surface area contributed by atoms with Gasteiger partial charge in [0.05, 0.1) is 11.3 Å². The first-order valence-electron chi connectivity index (χ1n) is 8.92. The summed E-state index contributed by atoms with van der Waals surface area (Å²) in [6, 6.07) is 13.5. The number of benzene rings is 2. The molecular formula is C22H22FN3O2. The number of aryl methyl sites for hydroxylation is 1. The predicted molar refractivity (Wildman–Crippen MR) is 109 cm³/mol. The highest BCUT2D eigenvalue weighted by Crippen LogP contribution is 2.26. The zero-order valence-electron chi connectivity index (χ0n) is 16.3. The number of amides is 2. The number of carbonyl (C=O) groups is 2. The molecule has 0 bridgehead atoms. The van der Waals surface area contributed by atoms with Crippen LogP contribution in [0, 0.1) is 26.6 Å². The Hall–Kier alpha value is -3.41. The second-order valence-corrected chi connectivity index (χ2v) is 6.69. The number of para-hydroxylation sites is 1. The molecule has 5 nitrogen and oxygen atoms in total. The van der Waals surface area contributed by atoms with Crippen LogP contribution in [0.3, 0.4) is 0 Å². The molecule has 28 heavy (non-hydrogen) atoms. The molecular weight excluding hydrogens is 357 g/mol. The molecule has 3 aromatic rings. The van der Waals surface area contributed by atoms with Gasteiger partial charge in [0, 0.05) is 29.7 Å². The van der Waals surface area contributed by atoms with E-state index in [0.717, 1.165) is 11.3 Å². The van der Waals surface area contributed by atoms with Crippen molar-refractivity contribution in [3.05, 3.63) is 76.9 Å². The Bertz CT molecular complexity index is 1070. The molecule has 1 aromatic heterocycles. The van der Waals surface area contributed by atoms with Crippen molar-refractivity contribution in [2.24, 2.45) is 0 Å². The smallest absolute Gasteiger partial charge is 0.257 e. The molecule has 1 heterocycles. The fourth-order valence-electron chi connectivity index (χ4n) is 3.28. The zero-order valence-corrected chi connectivity index (χ0v) is 16.3. The number of rotatable bonds is 4. The summed E-state index contributed by atoms with van der Waals surface area (Å²) in [5.41, 5.74) is 4.28. The molecule has 6 heteroatoms. The van der Waals surface area contributed by atoms with E-state index in [9.17, 15) is 14.0 Å². The SMILES string of the molecule is CC(=O)Nc1cccc(NC(=O)c2cc(C)n(-c3ccccc3F)c2C)c1C. The molecule has 2 N–H and O–H groups in total. The van der Waals surface area contributed by atoms with Crippen LogP contribution in [-0.2, 0) is 4.79 Å². The lowest BCUT2D eigenvalue weighted by atomic mass is 10.1. The molecule has 3 rings (SSSR count). The van der Waals surface area contributed by atoms with E-state index >= 15 is 0 Å². The average molecular weight is 379 g/mol. The maximum Gasteiger partial charge on any atom is 0.257 e. The van der Waals surface area contributed by atoms with Crippen LogP contribution in [0.5, 0.6) is 0 Å². The highest BCUT2D eigenvalue weighted by molar-refractivity contribution is 6.06. The van der Waals surface area contributed by atoms with Crippen LogP contribution in [0.1, 0.15) is 34.2 Å². The van der Waals surface area contributed by atoms with Crippen LogP contribution in [0.2, 0.25) is 0 Å². The van der Waals surface area contributed by atoms with Crippen molar-refractivity contribution < 1.29 is 14.0 Å². The van der Waals surface area contributed by atoms with Crippen molar-refractivity contribution in [2.75, 3.05) is 10.6 Å². The zero-order chi connectivity index (χ0) is 20.4. The van der Waals surface area contributed by atoms with E-state index in [2.05, 4.69) is 10.6 Å². The summed E-state index contributed by atoms with van der Waals surface area (Å²) < 4.78 is 16.0. The minimum absolute atomic E-state index is 0.181. The van der Waals surface area contributed by atoms with Crippen LogP contribution in [0.25, 0.3) is 5.69 Å². The Balaban J connectivity index is 1.94. The molecule has 0 fully saturated rings. The molecule has 0 aliphatic heterocycles. The summed E-state index contributed by atoms with van der Waals surface area (Å²) in [5, 5.41) is 5.63.